The SMILES string of the molecule is CC1COc2c(ccc3ccccc23)N1CCN. The largest absolute Gasteiger partial charge is 0.489 e. The zero-order valence-electron chi connectivity index (χ0n) is 10.6. The highest BCUT2D eigenvalue weighted by Crippen LogP contribution is 2.39. The van der Waals surface area contributed by atoms with Gasteiger partial charge in [-0.3, -0.25) is 0 Å². The van der Waals surface area contributed by atoms with Gasteiger partial charge in [0.05, 0.1) is 11.7 Å². The maximum atomic E-state index is 5.94. The number of ether oxygens (including phenoxy) is 1. The van der Waals surface area contributed by atoms with E-state index in [2.05, 4.69) is 48.2 Å². The highest BCUT2D eigenvalue weighted by Gasteiger charge is 2.24. The number of nitrogens with two attached hydrogens (primary N) is 1. The molecule has 1 heterocycles. The maximum Gasteiger partial charge on any atom is 0.150 e. The van der Waals surface area contributed by atoms with Gasteiger partial charge in [0, 0.05) is 18.5 Å². The minimum Gasteiger partial charge on any atom is -0.489 e. The van der Waals surface area contributed by atoms with Gasteiger partial charge >= 0.3 is 0 Å². The van der Waals surface area contributed by atoms with Crippen molar-refractivity contribution in [2.45, 2.75) is 13.0 Å². The standard InChI is InChI=1S/C15H18N2O/c1-11-10-18-15-13-5-3-2-4-12(13)6-7-14(15)17(11)9-8-16/h2-7,11H,8-10,16H2,1H3. The van der Waals surface area contributed by atoms with Gasteiger partial charge in [-0.05, 0) is 18.4 Å². The molecule has 0 aromatic heterocycles. The van der Waals surface area contributed by atoms with E-state index in [0.717, 1.165) is 24.6 Å². The molecule has 0 amide bonds. The molecule has 1 aliphatic heterocycles. The van der Waals surface area contributed by atoms with Crippen LogP contribution in [0.15, 0.2) is 36.4 Å². The van der Waals surface area contributed by atoms with Crippen molar-refractivity contribution in [3.63, 3.8) is 0 Å². The Morgan fingerprint density at radius 3 is 2.94 bits per heavy atom. The van der Waals surface area contributed by atoms with Gasteiger partial charge in [0.2, 0.25) is 0 Å². The molecule has 2 aromatic carbocycles. The number of hydrogen-bond acceptors (Lipinski definition) is 3. The first kappa shape index (κ1) is 11.4. The quantitative estimate of drug-likeness (QED) is 0.878. The fourth-order valence-electron chi connectivity index (χ4n) is 2.62. The van der Waals surface area contributed by atoms with Gasteiger partial charge in [0.25, 0.3) is 0 Å². The van der Waals surface area contributed by atoms with Crippen molar-refractivity contribution in [3.05, 3.63) is 36.4 Å². The molecule has 0 fully saturated rings. The number of fused-ring (bicyclic) bond motifs is 3. The van der Waals surface area contributed by atoms with Gasteiger partial charge in [-0.25, -0.2) is 0 Å². The molecule has 1 atom stereocenters. The van der Waals surface area contributed by atoms with Gasteiger partial charge < -0.3 is 15.4 Å². The number of anilines is 1. The zero-order chi connectivity index (χ0) is 12.5. The number of benzene rings is 2. The fraction of sp³-hybridized carbons (Fsp3) is 0.333. The van der Waals surface area contributed by atoms with E-state index in [0.29, 0.717) is 12.6 Å². The van der Waals surface area contributed by atoms with E-state index < -0.39 is 0 Å². The molecule has 0 aliphatic carbocycles. The van der Waals surface area contributed by atoms with Gasteiger partial charge in [-0.2, -0.15) is 0 Å². The molecule has 3 heteroatoms. The lowest BCUT2D eigenvalue weighted by Crippen LogP contribution is -2.43. The summed E-state index contributed by atoms with van der Waals surface area (Å²) >= 11 is 0. The van der Waals surface area contributed by atoms with Crippen LogP contribution in [0.3, 0.4) is 0 Å². The van der Waals surface area contributed by atoms with Crippen LogP contribution in [0.25, 0.3) is 10.8 Å². The van der Waals surface area contributed by atoms with Crippen LogP contribution in [0.2, 0.25) is 0 Å². The number of rotatable bonds is 2. The van der Waals surface area contributed by atoms with Crippen molar-refractivity contribution in [1.29, 1.82) is 0 Å². The Labute approximate surface area is 107 Å². The summed E-state index contributed by atoms with van der Waals surface area (Å²) in [4.78, 5) is 2.34. The van der Waals surface area contributed by atoms with Crippen LogP contribution in [0.5, 0.6) is 5.75 Å². The van der Waals surface area contributed by atoms with Crippen LogP contribution < -0.4 is 15.4 Å². The summed E-state index contributed by atoms with van der Waals surface area (Å²) in [6.45, 7) is 4.43. The van der Waals surface area contributed by atoms with E-state index in [-0.39, 0.29) is 0 Å². The lowest BCUT2D eigenvalue weighted by atomic mass is 10.1. The summed E-state index contributed by atoms with van der Waals surface area (Å²) in [7, 11) is 0. The summed E-state index contributed by atoms with van der Waals surface area (Å²) in [5.41, 5.74) is 6.87. The molecule has 2 aromatic rings. The summed E-state index contributed by atoms with van der Waals surface area (Å²) in [6.07, 6.45) is 0. The average Bonchev–Trinajstić information content (AvgIpc) is 2.41. The Hall–Kier alpha value is -1.74. The molecule has 1 unspecified atom stereocenters. The molecule has 94 valence electrons. The monoisotopic (exact) mass is 242 g/mol. The molecule has 0 spiro atoms. The predicted molar refractivity (Wildman–Crippen MR) is 75.3 cm³/mol. The third kappa shape index (κ3) is 1.71. The van der Waals surface area contributed by atoms with Crippen molar-refractivity contribution in [1.82, 2.24) is 0 Å². The third-order valence-electron chi connectivity index (χ3n) is 3.54. The Morgan fingerprint density at radius 1 is 1.28 bits per heavy atom. The van der Waals surface area contributed by atoms with E-state index in [9.17, 15) is 0 Å². The van der Waals surface area contributed by atoms with Gasteiger partial charge in [0.15, 0.2) is 5.75 Å². The van der Waals surface area contributed by atoms with E-state index in [1.165, 1.54) is 10.8 Å². The Bertz CT molecular complexity index is 567. The minimum atomic E-state index is 0.377. The highest BCUT2D eigenvalue weighted by atomic mass is 16.5. The van der Waals surface area contributed by atoms with Crippen molar-refractivity contribution in [2.75, 3.05) is 24.6 Å². The molecule has 2 N–H and O–H groups in total. The molecule has 3 rings (SSSR count). The summed E-state index contributed by atoms with van der Waals surface area (Å²) in [6, 6.07) is 13.0. The Morgan fingerprint density at radius 2 is 2.11 bits per heavy atom. The molecule has 18 heavy (non-hydrogen) atoms. The molecular weight excluding hydrogens is 224 g/mol. The van der Waals surface area contributed by atoms with Gasteiger partial charge in [-0.1, -0.05) is 30.3 Å². The molecule has 0 saturated heterocycles. The lowest BCUT2D eigenvalue weighted by molar-refractivity contribution is 0.274. The second-order valence-corrected chi connectivity index (χ2v) is 4.78. The molecular formula is C15H18N2O. The summed E-state index contributed by atoms with van der Waals surface area (Å²) < 4.78 is 5.94. The van der Waals surface area contributed by atoms with Crippen molar-refractivity contribution >= 4 is 16.5 Å². The predicted octanol–water partition coefficient (Wildman–Crippen LogP) is 2.39. The zero-order valence-corrected chi connectivity index (χ0v) is 10.6. The summed E-state index contributed by atoms with van der Waals surface area (Å²) in [5, 5.41) is 2.41. The second-order valence-electron chi connectivity index (χ2n) is 4.78. The van der Waals surface area contributed by atoms with E-state index in [1.807, 2.05) is 0 Å². The topological polar surface area (TPSA) is 38.5 Å². The average molecular weight is 242 g/mol. The minimum absolute atomic E-state index is 0.377. The van der Waals surface area contributed by atoms with Crippen molar-refractivity contribution in [3.8, 4) is 5.75 Å². The van der Waals surface area contributed by atoms with Crippen LogP contribution in [-0.4, -0.2) is 25.7 Å². The number of hydrogen-bond donors (Lipinski definition) is 1. The smallest absolute Gasteiger partial charge is 0.150 e. The summed E-state index contributed by atoms with van der Waals surface area (Å²) in [5.74, 6) is 1.000. The Balaban J connectivity index is 2.16. The normalized spacial score (nSPS) is 18.6. The molecule has 0 bridgehead atoms. The van der Waals surface area contributed by atoms with Crippen LogP contribution in [0.1, 0.15) is 6.92 Å². The molecule has 3 nitrogen and oxygen atoms in total. The maximum absolute atomic E-state index is 5.94. The van der Waals surface area contributed by atoms with E-state index in [4.69, 9.17) is 10.5 Å². The van der Waals surface area contributed by atoms with Crippen molar-refractivity contribution in [2.24, 2.45) is 5.73 Å². The molecule has 0 saturated carbocycles. The van der Waals surface area contributed by atoms with Crippen LogP contribution in [0.4, 0.5) is 5.69 Å². The van der Waals surface area contributed by atoms with Crippen molar-refractivity contribution < 1.29 is 4.74 Å². The van der Waals surface area contributed by atoms with Crippen LogP contribution >= 0.6 is 0 Å². The van der Waals surface area contributed by atoms with E-state index in [1.54, 1.807) is 0 Å². The van der Waals surface area contributed by atoms with Crippen LogP contribution in [-0.2, 0) is 0 Å². The van der Waals surface area contributed by atoms with Gasteiger partial charge in [0.1, 0.15) is 6.61 Å². The lowest BCUT2D eigenvalue weighted by Gasteiger charge is -2.37. The van der Waals surface area contributed by atoms with E-state index >= 15 is 0 Å². The first-order chi connectivity index (χ1) is 8.81. The first-order valence-electron chi connectivity index (χ1n) is 6.42. The Kier molecular flexibility index (Phi) is 2.84. The molecule has 0 radical (unpaired) electrons. The fourth-order valence-corrected chi connectivity index (χ4v) is 2.62. The third-order valence-corrected chi connectivity index (χ3v) is 3.54. The second kappa shape index (κ2) is 4.50. The molecule has 1 aliphatic rings. The first-order valence-corrected chi connectivity index (χ1v) is 6.42. The number of nitrogens with zero attached hydrogens (tertiary/aromatic N) is 1. The van der Waals surface area contributed by atoms with Gasteiger partial charge in [-0.15, -0.1) is 0 Å². The van der Waals surface area contributed by atoms with Crippen LogP contribution in [0, 0.1) is 0 Å². The highest BCUT2D eigenvalue weighted by molar-refractivity contribution is 5.94.